The Labute approximate surface area is 192 Å². The minimum atomic E-state index is 0. The molecule has 1 N–H and O–H groups in total. The summed E-state index contributed by atoms with van der Waals surface area (Å²) < 4.78 is 1.89. The zero-order chi connectivity index (χ0) is 20.1. The van der Waals surface area contributed by atoms with Gasteiger partial charge < -0.3 is 10.2 Å². The highest BCUT2D eigenvalue weighted by Crippen LogP contribution is 2.26. The average Bonchev–Trinajstić information content (AvgIpc) is 3.32. The van der Waals surface area contributed by atoms with E-state index in [1.165, 1.54) is 16.7 Å². The fourth-order valence-electron chi connectivity index (χ4n) is 3.72. The van der Waals surface area contributed by atoms with Gasteiger partial charge in [-0.05, 0) is 44.0 Å². The summed E-state index contributed by atoms with van der Waals surface area (Å²) >= 11 is 0. The third-order valence-corrected chi connectivity index (χ3v) is 5.75. The number of aryl methyl sites for hydroxylation is 1. The van der Waals surface area contributed by atoms with Crippen molar-refractivity contribution in [1.29, 1.82) is 0 Å². The van der Waals surface area contributed by atoms with Gasteiger partial charge in [0.2, 0.25) is 0 Å². The molecule has 1 saturated heterocycles. The number of hydrogen-bond donors (Lipinski definition) is 1. The highest BCUT2D eigenvalue weighted by Gasteiger charge is 2.26. The minimum Gasteiger partial charge on any atom is -0.352 e. The number of aliphatic imine (C=N–C) groups is 1. The van der Waals surface area contributed by atoms with Crippen molar-refractivity contribution in [2.24, 2.45) is 12.0 Å². The van der Waals surface area contributed by atoms with Crippen LogP contribution in [0.25, 0.3) is 0 Å². The van der Waals surface area contributed by atoms with E-state index in [9.17, 15) is 0 Å². The number of aromatic nitrogens is 2. The number of hydrogen-bond acceptors (Lipinski definition) is 3. The van der Waals surface area contributed by atoms with Crippen LogP contribution < -0.4 is 5.32 Å². The van der Waals surface area contributed by atoms with Crippen molar-refractivity contribution >= 4 is 29.9 Å². The van der Waals surface area contributed by atoms with E-state index in [0.717, 1.165) is 38.6 Å². The lowest BCUT2D eigenvalue weighted by Gasteiger charge is -2.24. The molecule has 1 aliphatic rings. The van der Waals surface area contributed by atoms with Crippen LogP contribution in [-0.4, -0.2) is 58.8 Å². The Morgan fingerprint density at radius 3 is 2.66 bits per heavy atom. The maximum atomic E-state index is 4.54. The molecule has 160 valence electrons. The Balaban J connectivity index is 0.00000300. The molecule has 1 aliphatic heterocycles. The summed E-state index contributed by atoms with van der Waals surface area (Å²) in [5.41, 5.74) is 4.03. The van der Waals surface area contributed by atoms with Gasteiger partial charge in [-0.2, -0.15) is 5.10 Å². The molecule has 0 saturated carbocycles. The predicted octanol–water partition coefficient (Wildman–Crippen LogP) is 3.44. The maximum absolute atomic E-state index is 4.54. The largest absolute Gasteiger partial charge is 0.352 e. The molecule has 0 amide bonds. The standard InChI is InChI=1S/C22H34N6.HI/c1-17(2)26(4)14-19-9-7-6-8-18(19)12-24-22(23-3)28-11-10-20(16-28)21-13-25-27(5)15-21;/h6-9,13,15,17,20H,10-12,14,16H2,1-5H3,(H,23,24);1H. The second kappa shape index (κ2) is 11.0. The van der Waals surface area contributed by atoms with Crippen molar-refractivity contribution in [2.45, 2.75) is 45.3 Å². The molecule has 1 unspecified atom stereocenters. The van der Waals surface area contributed by atoms with Crippen LogP contribution in [0.3, 0.4) is 0 Å². The second-order valence-corrected chi connectivity index (χ2v) is 8.06. The number of nitrogens with zero attached hydrogens (tertiary/aromatic N) is 5. The van der Waals surface area contributed by atoms with Gasteiger partial charge in [0.15, 0.2) is 5.96 Å². The smallest absolute Gasteiger partial charge is 0.193 e. The van der Waals surface area contributed by atoms with Crippen LogP contribution in [-0.2, 0) is 20.1 Å². The number of halogens is 1. The van der Waals surface area contributed by atoms with E-state index in [0.29, 0.717) is 12.0 Å². The highest BCUT2D eigenvalue weighted by molar-refractivity contribution is 14.0. The Morgan fingerprint density at radius 2 is 2.03 bits per heavy atom. The molecule has 1 atom stereocenters. The molecule has 6 nitrogen and oxygen atoms in total. The Morgan fingerprint density at radius 1 is 1.31 bits per heavy atom. The first-order valence-corrected chi connectivity index (χ1v) is 10.2. The number of likely N-dealkylation sites (tertiary alicyclic amines) is 1. The van der Waals surface area contributed by atoms with Crippen molar-refractivity contribution in [3.05, 3.63) is 53.3 Å². The number of benzene rings is 1. The summed E-state index contributed by atoms with van der Waals surface area (Å²) in [5, 5.41) is 7.91. The van der Waals surface area contributed by atoms with E-state index >= 15 is 0 Å². The van der Waals surface area contributed by atoms with Crippen molar-refractivity contribution in [2.75, 3.05) is 27.2 Å². The molecule has 7 heteroatoms. The van der Waals surface area contributed by atoms with Crippen LogP contribution in [0.15, 0.2) is 41.7 Å². The summed E-state index contributed by atoms with van der Waals surface area (Å²) in [6.07, 6.45) is 5.26. The summed E-state index contributed by atoms with van der Waals surface area (Å²) in [7, 11) is 6.03. The molecule has 3 rings (SSSR count). The summed E-state index contributed by atoms with van der Waals surface area (Å²) in [6, 6.07) is 9.22. The molecule has 1 aromatic carbocycles. The first-order chi connectivity index (χ1) is 13.5. The summed E-state index contributed by atoms with van der Waals surface area (Å²) in [6.45, 7) is 8.23. The van der Waals surface area contributed by atoms with Crippen molar-refractivity contribution in [3.8, 4) is 0 Å². The van der Waals surface area contributed by atoms with E-state index in [4.69, 9.17) is 0 Å². The minimum absolute atomic E-state index is 0. The monoisotopic (exact) mass is 510 g/mol. The molecule has 2 aromatic rings. The third-order valence-electron chi connectivity index (χ3n) is 5.75. The maximum Gasteiger partial charge on any atom is 0.193 e. The van der Waals surface area contributed by atoms with Gasteiger partial charge in [0, 0.05) is 58.4 Å². The zero-order valence-corrected chi connectivity index (χ0v) is 20.6. The van der Waals surface area contributed by atoms with Gasteiger partial charge >= 0.3 is 0 Å². The van der Waals surface area contributed by atoms with E-state index < -0.39 is 0 Å². The molecule has 1 aromatic heterocycles. The predicted molar refractivity (Wildman–Crippen MR) is 131 cm³/mol. The van der Waals surface area contributed by atoms with Crippen LogP contribution in [0.5, 0.6) is 0 Å². The van der Waals surface area contributed by atoms with Gasteiger partial charge in [-0.15, -0.1) is 24.0 Å². The van der Waals surface area contributed by atoms with Crippen molar-refractivity contribution < 1.29 is 0 Å². The average molecular weight is 510 g/mol. The molecule has 2 heterocycles. The lowest BCUT2D eigenvalue weighted by atomic mass is 10.0. The van der Waals surface area contributed by atoms with Gasteiger partial charge in [0.1, 0.15) is 0 Å². The van der Waals surface area contributed by atoms with Gasteiger partial charge in [-0.1, -0.05) is 24.3 Å². The van der Waals surface area contributed by atoms with Crippen LogP contribution in [0.4, 0.5) is 0 Å². The quantitative estimate of drug-likeness (QED) is 0.368. The fraction of sp³-hybridized carbons (Fsp3) is 0.545. The first-order valence-electron chi connectivity index (χ1n) is 10.2. The molecule has 0 radical (unpaired) electrons. The second-order valence-electron chi connectivity index (χ2n) is 8.06. The lowest BCUT2D eigenvalue weighted by Crippen LogP contribution is -2.39. The van der Waals surface area contributed by atoms with Gasteiger partial charge in [0.25, 0.3) is 0 Å². The number of rotatable bonds is 6. The van der Waals surface area contributed by atoms with Gasteiger partial charge in [0.05, 0.1) is 6.20 Å². The van der Waals surface area contributed by atoms with Crippen LogP contribution in [0.1, 0.15) is 42.9 Å². The van der Waals surface area contributed by atoms with Crippen LogP contribution in [0, 0.1) is 0 Å². The lowest BCUT2D eigenvalue weighted by molar-refractivity contribution is 0.265. The van der Waals surface area contributed by atoms with E-state index in [1.54, 1.807) is 0 Å². The molecule has 0 aliphatic carbocycles. The molecule has 0 bridgehead atoms. The summed E-state index contributed by atoms with van der Waals surface area (Å²) in [4.78, 5) is 9.27. The van der Waals surface area contributed by atoms with Crippen LogP contribution in [0.2, 0.25) is 0 Å². The molecular weight excluding hydrogens is 475 g/mol. The zero-order valence-electron chi connectivity index (χ0n) is 18.3. The molecule has 1 fully saturated rings. The first kappa shape index (κ1) is 23.7. The van der Waals surface area contributed by atoms with E-state index in [-0.39, 0.29) is 24.0 Å². The van der Waals surface area contributed by atoms with E-state index in [1.807, 2.05) is 25.0 Å². The fourth-order valence-corrected chi connectivity index (χ4v) is 3.72. The Hall–Kier alpha value is -1.61. The highest BCUT2D eigenvalue weighted by atomic mass is 127. The number of guanidine groups is 1. The molecule has 0 spiro atoms. The SMILES string of the molecule is CN=C(NCc1ccccc1CN(C)C(C)C)N1CCC(c2cnn(C)c2)C1.I. The number of nitrogens with one attached hydrogen (secondary N) is 1. The van der Waals surface area contributed by atoms with Gasteiger partial charge in [-0.3, -0.25) is 14.6 Å². The van der Waals surface area contributed by atoms with Gasteiger partial charge in [-0.25, -0.2) is 0 Å². The van der Waals surface area contributed by atoms with Crippen LogP contribution >= 0.6 is 24.0 Å². The molecular formula is C22H35IN6. The topological polar surface area (TPSA) is 48.7 Å². The van der Waals surface area contributed by atoms with Crippen molar-refractivity contribution in [3.63, 3.8) is 0 Å². The van der Waals surface area contributed by atoms with E-state index in [2.05, 4.69) is 76.6 Å². The Bertz CT molecular complexity index is 800. The third kappa shape index (κ3) is 6.18. The summed E-state index contributed by atoms with van der Waals surface area (Å²) in [5.74, 6) is 1.51. The van der Waals surface area contributed by atoms with Crippen molar-refractivity contribution in [1.82, 2.24) is 24.9 Å². The Kier molecular flexibility index (Phi) is 8.95. The molecule has 29 heavy (non-hydrogen) atoms. The normalized spacial score (nSPS) is 17.1.